The van der Waals surface area contributed by atoms with Crippen molar-refractivity contribution in [3.8, 4) is 11.9 Å². The lowest BCUT2D eigenvalue weighted by molar-refractivity contribution is -0.145. The largest absolute Gasteiger partial charge is 0.453 e. The zero-order valence-corrected chi connectivity index (χ0v) is 18.6. The van der Waals surface area contributed by atoms with Gasteiger partial charge in [0.15, 0.2) is 11.6 Å². The van der Waals surface area contributed by atoms with Crippen LogP contribution in [0.5, 0.6) is 0 Å². The second-order valence-electron chi connectivity index (χ2n) is 6.64. The van der Waals surface area contributed by atoms with Crippen LogP contribution in [0.15, 0.2) is 36.5 Å². The number of halogens is 7. The Bertz CT molecular complexity index is 1240. The van der Waals surface area contributed by atoms with E-state index in [1.54, 1.807) is 6.07 Å². The third kappa shape index (κ3) is 5.97. The molecule has 7 nitrogen and oxygen atoms in total. The summed E-state index contributed by atoms with van der Waals surface area (Å²) in [5.41, 5.74) is -1.49. The fraction of sp³-hybridized carbons (Fsp3) is 0.211. The van der Waals surface area contributed by atoms with Crippen LogP contribution in [0.2, 0.25) is 5.02 Å². The van der Waals surface area contributed by atoms with Crippen molar-refractivity contribution in [2.24, 2.45) is 0 Å². The van der Waals surface area contributed by atoms with E-state index in [4.69, 9.17) is 16.9 Å². The predicted octanol–water partition coefficient (Wildman–Crippen LogP) is 4.83. The molecule has 0 unspecified atom stereocenters. The zero-order valence-electron chi connectivity index (χ0n) is 16.8. The summed E-state index contributed by atoms with van der Waals surface area (Å²) in [6.07, 6.45) is -8.60. The van der Waals surface area contributed by atoms with Gasteiger partial charge in [-0.25, -0.2) is 9.97 Å². The van der Waals surface area contributed by atoms with Crippen LogP contribution >= 0.6 is 25.1 Å². The van der Waals surface area contributed by atoms with Gasteiger partial charge in [0.25, 0.3) is 11.7 Å². The van der Waals surface area contributed by atoms with E-state index >= 15 is 0 Å². The Morgan fingerprint density at radius 1 is 1.15 bits per heavy atom. The van der Waals surface area contributed by atoms with Crippen molar-refractivity contribution < 1.29 is 31.1 Å². The van der Waals surface area contributed by atoms with Crippen LogP contribution in [0.3, 0.4) is 0 Å². The standard InChI is InChI=1S/C19H11ClF6N6O.H2S/c1-9(29-16(33)11-4-12(18(21,22)23)6-13(20)5-11)15-30-17(19(24,25)26)31-32(15)14-3-2-10(7-27)8-28-14;/h2-6,8-9H,1H3,(H,29,33);1H2/t9-;/m0./s1. The topological polar surface area (TPSA) is 96.5 Å². The van der Waals surface area contributed by atoms with Gasteiger partial charge in [-0.3, -0.25) is 4.79 Å². The molecule has 34 heavy (non-hydrogen) atoms. The minimum atomic E-state index is -4.93. The Hall–Kier alpha value is -3.31. The molecule has 0 bridgehead atoms. The molecule has 2 aromatic heterocycles. The molecule has 0 fully saturated rings. The number of nitrogens with zero attached hydrogens (tertiary/aromatic N) is 5. The van der Waals surface area contributed by atoms with Gasteiger partial charge in [0.1, 0.15) is 6.07 Å². The molecule has 0 spiro atoms. The number of alkyl halides is 6. The second-order valence-corrected chi connectivity index (χ2v) is 7.08. The van der Waals surface area contributed by atoms with Crippen molar-refractivity contribution in [1.82, 2.24) is 25.1 Å². The van der Waals surface area contributed by atoms with Crippen molar-refractivity contribution in [2.75, 3.05) is 0 Å². The van der Waals surface area contributed by atoms with Crippen LogP contribution in [0.4, 0.5) is 26.3 Å². The minimum absolute atomic E-state index is 0. The third-order valence-electron chi connectivity index (χ3n) is 4.20. The molecule has 1 aromatic carbocycles. The van der Waals surface area contributed by atoms with E-state index in [2.05, 4.69) is 20.4 Å². The minimum Gasteiger partial charge on any atom is -0.342 e. The van der Waals surface area contributed by atoms with Crippen molar-refractivity contribution in [3.63, 3.8) is 0 Å². The quantitative estimate of drug-likeness (QED) is 0.495. The first kappa shape index (κ1) is 26.9. The van der Waals surface area contributed by atoms with E-state index in [1.165, 1.54) is 19.1 Å². The molecule has 2 heterocycles. The zero-order chi connectivity index (χ0) is 24.6. The third-order valence-corrected chi connectivity index (χ3v) is 4.42. The van der Waals surface area contributed by atoms with Crippen molar-refractivity contribution in [1.29, 1.82) is 5.26 Å². The molecule has 0 radical (unpaired) electrons. The molecule has 3 aromatic rings. The first-order valence-electron chi connectivity index (χ1n) is 8.89. The van der Waals surface area contributed by atoms with Crippen molar-refractivity contribution in [2.45, 2.75) is 25.3 Å². The highest BCUT2D eigenvalue weighted by molar-refractivity contribution is 7.59. The molecule has 0 aliphatic carbocycles. The summed E-state index contributed by atoms with van der Waals surface area (Å²) in [6, 6.07) is 5.23. The summed E-state index contributed by atoms with van der Waals surface area (Å²) < 4.78 is 79.3. The molecule has 0 saturated carbocycles. The maximum absolute atomic E-state index is 13.2. The summed E-state index contributed by atoms with van der Waals surface area (Å²) in [7, 11) is 0. The monoisotopic (exact) mass is 522 g/mol. The molecule has 1 atom stereocenters. The molecule has 1 N–H and O–H groups in total. The summed E-state index contributed by atoms with van der Waals surface area (Å²) in [4.78, 5) is 19.8. The van der Waals surface area contributed by atoms with Crippen molar-refractivity contribution >= 4 is 31.0 Å². The van der Waals surface area contributed by atoms with Crippen LogP contribution in [0, 0.1) is 11.3 Å². The second kappa shape index (κ2) is 9.90. The number of carbonyl (C=O) groups excluding carboxylic acids is 1. The van der Waals surface area contributed by atoms with E-state index < -0.39 is 47.1 Å². The van der Waals surface area contributed by atoms with Gasteiger partial charge in [-0.1, -0.05) is 11.6 Å². The maximum atomic E-state index is 13.2. The lowest BCUT2D eigenvalue weighted by Gasteiger charge is -2.15. The fourth-order valence-electron chi connectivity index (χ4n) is 2.70. The smallest absolute Gasteiger partial charge is 0.342 e. The van der Waals surface area contributed by atoms with Gasteiger partial charge in [-0.15, -0.1) is 5.10 Å². The van der Waals surface area contributed by atoms with Gasteiger partial charge < -0.3 is 5.32 Å². The highest BCUT2D eigenvalue weighted by Crippen LogP contribution is 2.32. The first-order chi connectivity index (χ1) is 15.3. The van der Waals surface area contributed by atoms with Crippen LogP contribution in [0.25, 0.3) is 5.82 Å². The number of rotatable bonds is 4. The van der Waals surface area contributed by atoms with Crippen LogP contribution < -0.4 is 5.32 Å². The molecule has 0 aliphatic rings. The average molecular weight is 523 g/mol. The Morgan fingerprint density at radius 2 is 1.82 bits per heavy atom. The normalized spacial score (nSPS) is 12.4. The predicted molar refractivity (Wildman–Crippen MR) is 112 cm³/mol. The number of nitriles is 1. The number of pyridine rings is 1. The highest BCUT2D eigenvalue weighted by Gasteiger charge is 2.38. The molecule has 0 aliphatic heterocycles. The van der Waals surface area contributed by atoms with E-state index in [-0.39, 0.29) is 29.9 Å². The maximum Gasteiger partial charge on any atom is 0.453 e. The number of nitrogens with one attached hydrogen (secondary N) is 1. The highest BCUT2D eigenvalue weighted by atomic mass is 35.5. The molecule has 15 heteroatoms. The number of aromatic nitrogens is 4. The molecule has 3 rings (SSSR count). The van der Waals surface area contributed by atoms with Gasteiger partial charge in [0.2, 0.25) is 0 Å². The van der Waals surface area contributed by atoms with Crippen LogP contribution in [-0.4, -0.2) is 25.7 Å². The molecule has 1 amide bonds. The van der Waals surface area contributed by atoms with Gasteiger partial charge in [0.05, 0.1) is 17.2 Å². The number of carbonyl (C=O) groups is 1. The Kier molecular flexibility index (Phi) is 7.84. The average Bonchev–Trinajstić information content (AvgIpc) is 3.19. The summed E-state index contributed by atoms with van der Waals surface area (Å²) in [5.74, 6) is -3.08. The molecule has 0 saturated heterocycles. The number of benzene rings is 1. The number of hydrogen-bond donors (Lipinski definition) is 1. The van der Waals surface area contributed by atoms with Gasteiger partial charge in [-0.2, -0.15) is 49.8 Å². The van der Waals surface area contributed by atoms with E-state index in [1.807, 2.05) is 0 Å². The van der Waals surface area contributed by atoms with Gasteiger partial charge in [-0.05, 0) is 37.3 Å². The Balaban J connectivity index is 0.00000408. The molecule has 180 valence electrons. The van der Waals surface area contributed by atoms with E-state index in [0.717, 1.165) is 12.3 Å². The van der Waals surface area contributed by atoms with Crippen LogP contribution in [0.1, 0.15) is 46.1 Å². The van der Waals surface area contributed by atoms with Crippen molar-refractivity contribution in [3.05, 3.63) is 69.9 Å². The first-order valence-corrected chi connectivity index (χ1v) is 9.26. The molecular formula is C19H13ClF6N6OS. The van der Waals surface area contributed by atoms with Gasteiger partial charge >= 0.3 is 12.4 Å². The lowest BCUT2D eigenvalue weighted by Crippen LogP contribution is -2.29. The van der Waals surface area contributed by atoms with Crippen LogP contribution in [-0.2, 0) is 12.4 Å². The number of hydrogen-bond acceptors (Lipinski definition) is 5. The summed E-state index contributed by atoms with van der Waals surface area (Å²) >= 11 is 5.67. The number of amides is 1. The fourth-order valence-corrected chi connectivity index (χ4v) is 2.93. The van der Waals surface area contributed by atoms with E-state index in [0.29, 0.717) is 16.8 Å². The Morgan fingerprint density at radius 3 is 2.35 bits per heavy atom. The van der Waals surface area contributed by atoms with Gasteiger partial charge in [0, 0.05) is 16.8 Å². The summed E-state index contributed by atoms with van der Waals surface area (Å²) in [5, 5.41) is 14.2. The lowest BCUT2D eigenvalue weighted by atomic mass is 10.1. The molecular weight excluding hydrogens is 510 g/mol. The Labute approximate surface area is 199 Å². The SMILES string of the molecule is C[C@H](NC(=O)c1cc(Cl)cc(C(F)(F)F)c1)c1nc(C(F)(F)F)nn1-c1ccc(C#N)cn1.S. The van der Waals surface area contributed by atoms with E-state index in [9.17, 15) is 31.1 Å². The summed E-state index contributed by atoms with van der Waals surface area (Å²) in [6.45, 7) is 1.26.